The zero-order chi connectivity index (χ0) is 22.2. The van der Waals surface area contributed by atoms with Crippen molar-refractivity contribution in [2.24, 2.45) is 11.8 Å². The predicted octanol–water partition coefficient (Wildman–Crippen LogP) is 6.52. The lowest BCUT2D eigenvalue weighted by atomic mass is 10.0. The van der Waals surface area contributed by atoms with Gasteiger partial charge in [0.05, 0.1) is 0 Å². The standard InChI is InChI=1S/C30H32P2/c1-25(23-31(27-15-7-3-8-16-27)28-17-9-4-10-18-28)26(2)24-32(29-19-11-5-12-20-29)30-21-13-6-14-22-30/h3-22,25-26H,23-24H2,1-2H3/t25-,26-/m1/s1. The summed E-state index contributed by atoms with van der Waals surface area (Å²) in [6.45, 7) is 4.94. The van der Waals surface area contributed by atoms with Crippen LogP contribution >= 0.6 is 15.8 Å². The Morgan fingerprint density at radius 3 is 0.844 bits per heavy atom. The SMILES string of the molecule is C[C@H](CP(c1ccccc1)c1ccccc1)[C@H](C)CP(c1ccccc1)c1ccccc1. The minimum absolute atomic E-state index is 0.349. The second kappa shape index (κ2) is 11.6. The van der Waals surface area contributed by atoms with Gasteiger partial charge in [0.15, 0.2) is 0 Å². The molecule has 0 fully saturated rings. The van der Waals surface area contributed by atoms with E-state index in [2.05, 4.69) is 135 Å². The van der Waals surface area contributed by atoms with Crippen LogP contribution in [0.3, 0.4) is 0 Å². The quantitative estimate of drug-likeness (QED) is 0.253. The van der Waals surface area contributed by atoms with Gasteiger partial charge in [-0.05, 0) is 61.2 Å². The lowest BCUT2D eigenvalue weighted by Crippen LogP contribution is -2.24. The molecule has 4 aromatic rings. The summed E-state index contributed by atoms with van der Waals surface area (Å²) in [6.07, 6.45) is 2.47. The number of rotatable bonds is 9. The van der Waals surface area contributed by atoms with Gasteiger partial charge in [-0.25, -0.2) is 0 Å². The molecule has 0 aliphatic heterocycles. The van der Waals surface area contributed by atoms with Crippen LogP contribution in [0.4, 0.5) is 0 Å². The van der Waals surface area contributed by atoms with Crippen molar-refractivity contribution in [1.82, 2.24) is 0 Å². The van der Waals surface area contributed by atoms with Gasteiger partial charge < -0.3 is 0 Å². The number of benzene rings is 4. The van der Waals surface area contributed by atoms with Crippen LogP contribution in [0.2, 0.25) is 0 Å². The van der Waals surface area contributed by atoms with E-state index in [1.54, 1.807) is 0 Å². The van der Waals surface area contributed by atoms with E-state index in [0.717, 1.165) is 0 Å². The van der Waals surface area contributed by atoms with Gasteiger partial charge in [0.25, 0.3) is 0 Å². The average molecular weight is 455 g/mol. The first kappa shape index (κ1) is 22.9. The topological polar surface area (TPSA) is 0 Å². The van der Waals surface area contributed by atoms with Gasteiger partial charge in [0, 0.05) is 0 Å². The molecule has 162 valence electrons. The van der Waals surface area contributed by atoms with Crippen LogP contribution in [-0.4, -0.2) is 12.3 Å². The second-order valence-corrected chi connectivity index (χ2v) is 13.0. The maximum Gasteiger partial charge on any atom is -0.0195 e. The molecule has 0 unspecified atom stereocenters. The van der Waals surface area contributed by atoms with Crippen LogP contribution in [0.25, 0.3) is 0 Å². The van der Waals surface area contributed by atoms with Crippen LogP contribution in [0.1, 0.15) is 13.8 Å². The normalized spacial score (nSPS) is 13.2. The van der Waals surface area contributed by atoms with E-state index < -0.39 is 0 Å². The molecule has 0 bridgehead atoms. The van der Waals surface area contributed by atoms with Gasteiger partial charge >= 0.3 is 0 Å². The highest BCUT2D eigenvalue weighted by Crippen LogP contribution is 2.42. The Labute approximate surface area is 196 Å². The van der Waals surface area contributed by atoms with Crippen LogP contribution in [0.5, 0.6) is 0 Å². The largest absolute Gasteiger partial charge is 0.0622 e. The van der Waals surface area contributed by atoms with Gasteiger partial charge in [-0.1, -0.05) is 135 Å². The Bertz CT molecular complexity index is 881. The third-order valence-corrected chi connectivity index (χ3v) is 11.8. The monoisotopic (exact) mass is 454 g/mol. The minimum atomic E-state index is -0.349. The maximum absolute atomic E-state index is 2.47. The molecule has 0 heterocycles. The summed E-state index contributed by atoms with van der Waals surface area (Å²) >= 11 is 0. The van der Waals surface area contributed by atoms with Crippen molar-refractivity contribution < 1.29 is 0 Å². The number of hydrogen-bond donors (Lipinski definition) is 0. The molecule has 0 spiro atoms. The Balaban J connectivity index is 1.55. The fourth-order valence-corrected chi connectivity index (χ4v) is 9.53. The van der Waals surface area contributed by atoms with E-state index in [-0.39, 0.29) is 15.8 Å². The Morgan fingerprint density at radius 2 is 0.625 bits per heavy atom. The van der Waals surface area contributed by atoms with E-state index in [4.69, 9.17) is 0 Å². The molecule has 0 aliphatic rings. The van der Waals surface area contributed by atoms with Gasteiger partial charge in [-0.15, -0.1) is 0 Å². The highest BCUT2D eigenvalue weighted by molar-refractivity contribution is 7.73. The van der Waals surface area contributed by atoms with Crippen molar-refractivity contribution in [3.8, 4) is 0 Å². The van der Waals surface area contributed by atoms with E-state index in [0.29, 0.717) is 11.8 Å². The molecule has 0 aromatic heterocycles. The van der Waals surface area contributed by atoms with Gasteiger partial charge in [0.1, 0.15) is 0 Å². The summed E-state index contributed by atoms with van der Waals surface area (Å²) in [4.78, 5) is 0. The van der Waals surface area contributed by atoms with E-state index >= 15 is 0 Å². The molecular formula is C30H32P2. The van der Waals surface area contributed by atoms with Crippen LogP contribution in [0, 0.1) is 11.8 Å². The third kappa shape index (κ3) is 5.95. The molecule has 4 aromatic carbocycles. The molecule has 32 heavy (non-hydrogen) atoms. The van der Waals surface area contributed by atoms with E-state index in [1.807, 2.05) is 0 Å². The molecule has 0 saturated heterocycles. The van der Waals surface area contributed by atoms with Crippen molar-refractivity contribution in [2.45, 2.75) is 13.8 Å². The fourth-order valence-electron chi connectivity index (χ4n) is 4.09. The fraction of sp³-hybridized carbons (Fsp3) is 0.200. The zero-order valence-electron chi connectivity index (χ0n) is 19.0. The average Bonchev–Trinajstić information content (AvgIpc) is 2.87. The van der Waals surface area contributed by atoms with Crippen molar-refractivity contribution in [3.05, 3.63) is 121 Å². The summed E-state index contributed by atoms with van der Waals surface area (Å²) in [5.41, 5.74) is 0. The molecule has 2 heteroatoms. The first-order valence-corrected chi connectivity index (χ1v) is 14.5. The van der Waals surface area contributed by atoms with Gasteiger partial charge in [-0.3, -0.25) is 0 Å². The molecule has 0 saturated carbocycles. The van der Waals surface area contributed by atoms with E-state index in [9.17, 15) is 0 Å². The molecule has 0 N–H and O–H groups in total. The lowest BCUT2D eigenvalue weighted by Gasteiger charge is -2.29. The summed E-state index contributed by atoms with van der Waals surface area (Å²) in [7, 11) is -0.698. The molecule has 0 radical (unpaired) electrons. The lowest BCUT2D eigenvalue weighted by molar-refractivity contribution is 0.469. The predicted molar refractivity (Wildman–Crippen MR) is 146 cm³/mol. The van der Waals surface area contributed by atoms with Crippen molar-refractivity contribution >= 4 is 37.1 Å². The van der Waals surface area contributed by atoms with Crippen molar-refractivity contribution in [3.63, 3.8) is 0 Å². The first-order chi connectivity index (χ1) is 15.7. The summed E-state index contributed by atoms with van der Waals surface area (Å²) in [5.74, 6) is 1.30. The van der Waals surface area contributed by atoms with E-state index in [1.165, 1.54) is 33.5 Å². The van der Waals surface area contributed by atoms with Crippen molar-refractivity contribution in [1.29, 1.82) is 0 Å². The summed E-state index contributed by atoms with van der Waals surface area (Å²) in [6, 6.07) is 44.5. The van der Waals surface area contributed by atoms with Crippen LogP contribution in [-0.2, 0) is 0 Å². The molecular weight excluding hydrogens is 422 g/mol. The smallest absolute Gasteiger partial charge is 0.0195 e. The van der Waals surface area contributed by atoms with Gasteiger partial charge in [0.2, 0.25) is 0 Å². The molecule has 0 aliphatic carbocycles. The molecule has 0 amide bonds. The Hall–Kier alpha value is -2.26. The number of hydrogen-bond acceptors (Lipinski definition) is 0. The highest BCUT2D eigenvalue weighted by Gasteiger charge is 2.24. The highest BCUT2D eigenvalue weighted by atomic mass is 31.1. The first-order valence-electron chi connectivity index (χ1n) is 11.5. The zero-order valence-corrected chi connectivity index (χ0v) is 20.8. The summed E-state index contributed by atoms with van der Waals surface area (Å²) in [5, 5.41) is 5.95. The van der Waals surface area contributed by atoms with Gasteiger partial charge in [-0.2, -0.15) is 0 Å². The Morgan fingerprint density at radius 1 is 0.406 bits per heavy atom. The summed E-state index contributed by atoms with van der Waals surface area (Å²) < 4.78 is 0. The Kier molecular flexibility index (Phi) is 8.28. The molecule has 0 nitrogen and oxygen atoms in total. The second-order valence-electron chi connectivity index (χ2n) is 8.52. The maximum atomic E-state index is 2.47. The third-order valence-electron chi connectivity index (χ3n) is 6.18. The van der Waals surface area contributed by atoms with Crippen LogP contribution in [0.15, 0.2) is 121 Å². The van der Waals surface area contributed by atoms with Crippen molar-refractivity contribution in [2.75, 3.05) is 12.3 Å². The van der Waals surface area contributed by atoms with Crippen LogP contribution < -0.4 is 21.2 Å². The minimum Gasteiger partial charge on any atom is -0.0622 e. The molecule has 2 atom stereocenters. The molecule has 4 rings (SSSR count).